The van der Waals surface area contributed by atoms with Gasteiger partial charge in [0.15, 0.2) is 0 Å². The fourth-order valence-electron chi connectivity index (χ4n) is 2.90. The number of nitrogens with zero attached hydrogens (tertiary/aromatic N) is 4. The predicted octanol–water partition coefficient (Wildman–Crippen LogP) is 0.256. The van der Waals surface area contributed by atoms with E-state index >= 15 is 0 Å². The summed E-state index contributed by atoms with van der Waals surface area (Å²) in [6.45, 7) is 4.10. The zero-order valence-corrected chi connectivity index (χ0v) is 14.8. The van der Waals surface area contributed by atoms with E-state index in [2.05, 4.69) is 9.88 Å². The summed E-state index contributed by atoms with van der Waals surface area (Å²) in [7, 11) is -2.24. The summed E-state index contributed by atoms with van der Waals surface area (Å²) >= 11 is 0. The molecular weight excluding hydrogens is 328 g/mol. The Balaban J connectivity index is 1.52. The minimum absolute atomic E-state index is 0.106. The molecule has 0 radical (unpaired) electrons. The lowest BCUT2D eigenvalue weighted by molar-refractivity contribution is -0.133. The molecule has 0 bridgehead atoms. The summed E-state index contributed by atoms with van der Waals surface area (Å²) in [6.07, 6.45) is 5.48. The molecule has 0 spiro atoms. The van der Waals surface area contributed by atoms with Crippen molar-refractivity contribution in [3.05, 3.63) is 24.5 Å². The molecule has 24 heavy (non-hydrogen) atoms. The molecule has 0 atom stereocenters. The normalized spacial score (nSPS) is 19.7. The molecule has 1 amide bonds. The fraction of sp³-hybridized carbons (Fsp3) is 0.625. The lowest BCUT2D eigenvalue weighted by Gasteiger charge is -2.35. The van der Waals surface area contributed by atoms with Gasteiger partial charge < -0.3 is 4.90 Å². The van der Waals surface area contributed by atoms with Crippen molar-refractivity contribution in [3.8, 4) is 0 Å². The highest BCUT2D eigenvalue weighted by Gasteiger charge is 2.29. The summed E-state index contributed by atoms with van der Waals surface area (Å²) in [5, 5.41) is 0. The van der Waals surface area contributed by atoms with Crippen LogP contribution in [0.1, 0.15) is 12.8 Å². The molecule has 0 unspecified atom stereocenters. The Morgan fingerprint density at radius 1 is 1.29 bits per heavy atom. The van der Waals surface area contributed by atoms with Gasteiger partial charge in [-0.05, 0) is 30.9 Å². The number of carbonyl (C=O) groups excluding carboxylic acids is 1. The highest BCUT2D eigenvalue weighted by atomic mass is 32.2. The van der Waals surface area contributed by atoms with Crippen LogP contribution in [0.3, 0.4) is 0 Å². The smallest absolute Gasteiger partial charge is 0.244 e. The number of carbonyl (C=O) groups is 1. The van der Waals surface area contributed by atoms with Gasteiger partial charge in [-0.3, -0.25) is 14.7 Å². The van der Waals surface area contributed by atoms with Crippen molar-refractivity contribution in [3.63, 3.8) is 0 Å². The standard InChI is InChI=1S/C16H24N4O3S/c1-18(24(22,23)15-3-2-6-17-11-15)13-16(21)20-9-7-19(8-10-20)12-14-4-5-14/h2-3,6,11,14H,4-5,7-10,12-13H2,1H3. The van der Waals surface area contributed by atoms with Gasteiger partial charge in [-0.2, -0.15) is 4.31 Å². The van der Waals surface area contributed by atoms with E-state index in [-0.39, 0.29) is 17.3 Å². The van der Waals surface area contributed by atoms with Crippen molar-refractivity contribution >= 4 is 15.9 Å². The molecule has 1 aromatic heterocycles. The minimum atomic E-state index is -3.68. The summed E-state index contributed by atoms with van der Waals surface area (Å²) < 4.78 is 26.0. The molecule has 1 aliphatic carbocycles. The van der Waals surface area contributed by atoms with E-state index in [1.807, 2.05) is 0 Å². The molecule has 3 rings (SSSR count). The maximum absolute atomic E-state index is 12.4. The van der Waals surface area contributed by atoms with Gasteiger partial charge in [0.05, 0.1) is 6.54 Å². The van der Waals surface area contributed by atoms with E-state index in [0.717, 1.165) is 29.9 Å². The highest BCUT2D eigenvalue weighted by Crippen LogP contribution is 2.29. The summed E-state index contributed by atoms with van der Waals surface area (Å²) in [4.78, 5) is 20.5. The van der Waals surface area contributed by atoms with Gasteiger partial charge in [0.2, 0.25) is 15.9 Å². The van der Waals surface area contributed by atoms with Crippen molar-refractivity contribution in [2.75, 3.05) is 46.3 Å². The summed E-state index contributed by atoms with van der Waals surface area (Å²) in [5.74, 6) is 0.707. The maximum Gasteiger partial charge on any atom is 0.244 e. The second-order valence-corrected chi connectivity index (χ2v) is 8.62. The van der Waals surface area contributed by atoms with Gasteiger partial charge in [0.25, 0.3) is 0 Å². The first kappa shape index (κ1) is 17.3. The number of piperazine rings is 1. The van der Waals surface area contributed by atoms with E-state index in [1.165, 1.54) is 38.3 Å². The van der Waals surface area contributed by atoms with Crippen LogP contribution in [0.25, 0.3) is 0 Å². The van der Waals surface area contributed by atoms with Gasteiger partial charge >= 0.3 is 0 Å². The molecule has 0 N–H and O–H groups in total. The predicted molar refractivity (Wildman–Crippen MR) is 89.8 cm³/mol. The van der Waals surface area contributed by atoms with Crippen molar-refractivity contribution in [1.29, 1.82) is 0 Å². The molecule has 1 saturated heterocycles. The third kappa shape index (κ3) is 4.12. The van der Waals surface area contributed by atoms with E-state index in [4.69, 9.17) is 0 Å². The van der Waals surface area contributed by atoms with Gasteiger partial charge in [-0.15, -0.1) is 0 Å². The van der Waals surface area contributed by atoms with Crippen molar-refractivity contribution in [2.45, 2.75) is 17.7 Å². The second kappa shape index (κ2) is 7.16. The van der Waals surface area contributed by atoms with E-state index in [9.17, 15) is 13.2 Å². The van der Waals surface area contributed by atoms with E-state index in [0.29, 0.717) is 13.1 Å². The number of pyridine rings is 1. The Kier molecular flexibility index (Phi) is 5.17. The monoisotopic (exact) mass is 352 g/mol. The third-order valence-electron chi connectivity index (χ3n) is 4.64. The molecule has 132 valence electrons. The minimum Gasteiger partial charge on any atom is -0.339 e. The Bertz CT molecular complexity index is 668. The first-order valence-electron chi connectivity index (χ1n) is 8.33. The first-order valence-corrected chi connectivity index (χ1v) is 9.77. The zero-order chi connectivity index (χ0) is 17.2. The fourth-order valence-corrected chi connectivity index (χ4v) is 3.99. The Morgan fingerprint density at radius 3 is 2.58 bits per heavy atom. The molecule has 8 heteroatoms. The van der Waals surface area contributed by atoms with Gasteiger partial charge in [0, 0.05) is 52.2 Å². The number of hydrogen-bond acceptors (Lipinski definition) is 5. The average molecular weight is 352 g/mol. The number of sulfonamides is 1. The van der Waals surface area contributed by atoms with Crippen LogP contribution in [0, 0.1) is 5.92 Å². The Morgan fingerprint density at radius 2 is 2.00 bits per heavy atom. The molecule has 0 aromatic carbocycles. The molecule has 2 aliphatic rings. The number of rotatable bonds is 6. The van der Waals surface area contributed by atoms with Crippen LogP contribution in [-0.4, -0.2) is 79.7 Å². The van der Waals surface area contributed by atoms with Crippen molar-refractivity contribution < 1.29 is 13.2 Å². The maximum atomic E-state index is 12.4. The number of hydrogen-bond donors (Lipinski definition) is 0. The highest BCUT2D eigenvalue weighted by molar-refractivity contribution is 7.89. The van der Waals surface area contributed by atoms with Crippen LogP contribution in [0.5, 0.6) is 0 Å². The lowest BCUT2D eigenvalue weighted by Crippen LogP contribution is -2.51. The quantitative estimate of drug-likeness (QED) is 0.734. The van der Waals surface area contributed by atoms with E-state index in [1.54, 1.807) is 11.0 Å². The number of likely N-dealkylation sites (N-methyl/N-ethyl adjacent to an activating group) is 1. The number of amides is 1. The van der Waals surface area contributed by atoms with Crippen LogP contribution < -0.4 is 0 Å². The van der Waals surface area contributed by atoms with Crippen LogP contribution in [0.4, 0.5) is 0 Å². The van der Waals surface area contributed by atoms with Crippen LogP contribution in [-0.2, 0) is 14.8 Å². The lowest BCUT2D eigenvalue weighted by atomic mass is 10.2. The van der Waals surface area contributed by atoms with E-state index < -0.39 is 10.0 Å². The molecule has 1 aromatic rings. The molecule has 2 heterocycles. The van der Waals surface area contributed by atoms with Gasteiger partial charge in [0.1, 0.15) is 4.90 Å². The summed E-state index contributed by atoms with van der Waals surface area (Å²) in [6, 6.07) is 3.06. The number of aromatic nitrogens is 1. The van der Waals surface area contributed by atoms with Gasteiger partial charge in [-0.25, -0.2) is 8.42 Å². The van der Waals surface area contributed by atoms with Gasteiger partial charge in [-0.1, -0.05) is 0 Å². The first-order chi connectivity index (χ1) is 11.5. The third-order valence-corrected chi connectivity index (χ3v) is 6.43. The topological polar surface area (TPSA) is 73.8 Å². The van der Waals surface area contributed by atoms with Crippen LogP contribution >= 0.6 is 0 Å². The largest absolute Gasteiger partial charge is 0.339 e. The summed E-state index contributed by atoms with van der Waals surface area (Å²) in [5.41, 5.74) is 0. The van der Waals surface area contributed by atoms with Crippen LogP contribution in [0.15, 0.2) is 29.4 Å². The molecular formula is C16H24N4O3S. The zero-order valence-electron chi connectivity index (χ0n) is 14.0. The van der Waals surface area contributed by atoms with Crippen molar-refractivity contribution in [2.24, 2.45) is 5.92 Å². The SMILES string of the molecule is CN(CC(=O)N1CCN(CC2CC2)CC1)S(=O)(=O)c1cccnc1. The molecule has 2 fully saturated rings. The molecule has 1 aliphatic heterocycles. The molecule has 7 nitrogen and oxygen atoms in total. The van der Waals surface area contributed by atoms with Crippen LogP contribution in [0.2, 0.25) is 0 Å². The van der Waals surface area contributed by atoms with Crippen molar-refractivity contribution in [1.82, 2.24) is 19.1 Å². The second-order valence-electron chi connectivity index (χ2n) is 6.57. The average Bonchev–Trinajstić information content (AvgIpc) is 3.40. The Labute approximate surface area is 143 Å². The molecule has 1 saturated carbocycles. The Hall–Kier alpha value is -1.51.